The fourth-order valence-corrected chi connectivity index (χ4v) is 2.43. The van der Waals surface area contributed by atoms with Crippen LogP contribution in [0.15, 0.2) is 0 Å². The van der Waals surface area contributed by atoms with Crippen molar-refractivity contribution in [2.75, 3.05) is 0 Å². The number of nitriles is 1. The number of hydrogen-bond acceptors (Lipinski definition) is 1. The minimum absolute atomic E-state index is 0.667. The van der Waals surface area contributed by atoms with E-state index in [0.717, 1.165) is 12.5 Å². The summed E-state index contributed by atoms with van der Waals surface area (Å²) in [5, 5.41) is 8.24. The van der Waals surface area contributed by atoms with Crippen LogP contribution in [0.2, 0.25) is 11.6 Å². The Bertz CT molecular complexity index is 119. The quantitative estimate of drug-likeness (QED) is 0.366. The van der Waals surface area contributed by atoms with Gasteiger partial charge in [-0.2, -0.15) is 16.3 Å². The molecule has 0 aliphatic heterocycles. The van der Waals surface area contributed by atoms with Gasteiger partial charge in [-0.05, 0) is 18.0 Å². The van der Waals surface area contributed by atoms with E-state index in [1.807, 2.05) is 0 Å². The van der Waals surface area contributed by atoms with Gasteiger partial charge in [-0.3, -0.25) is 0 Å². The number of rotatable bonds is 4. The SMILES string of the molecule is CC(C)[SiH](Cl)CCCC#N. The van der Waals surface area contributed by atoms with Crippen molar-refractivity contribution >= 4 is 19.2 Å². The molecular weight excluding hydrogens is 162 g/mol. The van der Waals surface area contributed by atoms with Crippen LogP contribution in [0.1, 0.15) is 26.7 Å². The van der Waals surface area contributed by atoms with Crippen molar-refractivity contribution in [3.05, 3.63) is 0 Å². The van der Waals surface area contributed by atoms with E-state index in [2.05, 4.69) is 19.9 Å². The van der Waals surface area contributed by atoms with Gasteiger partial charge in [0.25, 0.3) is 0 Å². The summed E-state index contributed by atoms with van der Waals surface area (Å²) in [5.41, 5.74) is 0.667. The fraction of sp³-hybridized carbons (Fsp3) is 0.857. The average molecular weight is 176 g/mol. The first kappa shape index (κ1) is 10.00. The Hall–Kier alpha value is -0.00312. The van der Waals surface area contributed by atoms with E-state index in [1.165, 1.54) is 0 Å². The van der Waals surface area contributed by atoms with Gasteiger partial charge in [0.1, 0.15) is 8.11 Å². The van der Waals surface area contributed by atoms with Gasteiger partial charge in [0.05, 0.1) is 6.07 Å². The molecule has 0 aliphatic rings. The molecule has 0 saturated heterocycles. The summed E-state index contributed by atoms with van der Waals surface area (Å²) in [6.45, 7) is 4.33. The lowest BCUT2D eigenvalue weighted by molar-refractivity contribution is 0.930. The molecule has 0 fully saturated rings. The summed E-state index contributed by atoms with van der Waals surface area (Å²) in [6.07, 6.45) is 1.66. The van der Waals surface area contributed by atoms with Crippen LogP contribution in [0.25, 0.3) is 0 Å². The van der Waals surface area contributed by atoms with Crippen molar-refractivity contribution in [2.45, 2.75) is 38.3 Å². The summed E-state index contributed by atoms with van der Waals surface area (Å²) in [6, 6.07) is 3.23. The molecule has 0 bridgehead atoms. The average Bonchev–Trinajstić information content (AvgIpc) is 1.88. The van der Waals surface area contributed by atoms with Crippen molar-refractivity contribution in [2.24, 2.45) is 0 Å². The van der Waals surface area contributed by atoms with Crippen LogP contribution in [0.3, 0.4) is 0 Å². The monoisotopic (exact) mass is 175 g/mol. The van der Waals surface area contributed by atoms with E-state index >= 15 is 0 Å². The predicted octanol–water partition coefficient (Wildman–Crippen LogP) is 2.66. The summed E-state index contributed by atoms with van der Waals surface area (Å²) in [7, 11) is -0.986. The maximum absolute atomic E-state index is 8.24. The molecule has 0 rings (SSSR count). The second kappa shape index (κ2) is 5.76. The van der Waals surface area contributed by atoms with Gasteiger partial charge in [0, 0.05) is 6.42 Å². The zero-order valence-electron chi connectivity index (χ0n) is 6.60. The molecular formula is C7H14ClNSi. The standard InChI is InChI=1S/C7H14ClNSi/c1-7(2)10(8)6-4-3-5-9/h7,10H,3-4,6H2,1-2H3. The van der Waals surface area contributed by atoms with Crippen LogP contribution in [0, 0.1) is 11.3 Å². The van der Waals surface area contributed by atoms with Gasteiger partial charge in [0.2, 0.25) is 0 Å². The van der Waals surface area contributed by atoms with Crippen LogP contribution in [-0.2, 0) is 0 Å². The summed E-state index contributed by atoms with van der Waals surface area (Å²) < 4.78 is 0. The Morgan fingerprint density at radius 3 is 2.60 bits per heavy atom. The third kappa shape index (κ3) is 4.84. The molecule has 0 N–H and O–H groups in total. The molecule has 0 aromatic rings. The third-order valence-corrected chi connectivity index (χ3v) is 6.06. The molecule has 3 heteroatoms. The van der Waals surface area contributed by atoms with Crippen LogP contribution in [0.5, 0.6) is 0 Å². The molecule has 0 heterocycles. The molecule has 0 spiro atoms. The van der Waals surface area contributed by atoms with Gasteiger partial charge >= 0.3 is 0 Å². The largest absolute Gasteiger partial charge is 0.198 e. The van der Waals surface area contributed by atoms with Gasteiger partial charge in [-0.15, -0.1) is 0 Å². The lowest BCUT2D eigenvalue weighted by Gasteiger charge is -2.08. The molecule has 1 unspecified atom stereocenters. The molecule has 0 aliphatic carbocycles. The van der Waals surface area contributed by atoms with Crippen LogP contribution in [0.4, 0.5) is 0 Å². The maximum Gasteiger partial charge on any atom is 0.143 e. The first-order valence-electron chi connectivity index (χ1n) is 3.69. The molecule has 0 amide bonds. The highest BCUT2D eigenvalue weighted by Crippen LogP contribution is 2.17. The summed E-state index contributed by atoms with van der Waals surface area (Å²) in [5.74, 6) is 0. The smallest absolute Gasteiger partial charge is 0.143 e. The molecule has 0 radical (unpaired) electrons. The van der Waals surface area contributed by atoms with Crippen molar-refractivity contribution in [1.82, 2.24) is 0 Å². The zero-order valence-corrected chi connectivity index (χ0v) is 8.51. The minimum atomic E-state index is -0.986. The number of unbranched alkanes of at least 4 members (excludes halogenated alkanes) is 1. The first-order chi connectivity index (χ1) is 4.68. The lowest BCUT2D eigenvalue weighted by atomic mass is 10.4. The molecule has 1 atom stereocenters. The predicted molar refractivity (Wildman–Crippen MR) is 47.8 cm³/mol. The highest BCUT2D eigenvalue weighted by atomic mass is 35.6. The van der Waals surface area contributed by atoms with Crippen LogP contribution < -0.4 is 0 Å². The van der Waals surface area contributed by atoms with Crippen molar-refractivity contribution in [3.8, 4) is 6.07 Å². The normalized spacial score (nSPS) is 13.1. The number of nitrogens with zero attached hydrogens (tertiary/aromatic N) is 1. The number of hydrogen-bond donors (Lipinski definition) is 0. The Balaban J connectivity index is 3.23. The Labute approximate surface area is 69.3 Å². The second-order valence-corrected chi connectivity index (χ2v) is 7.43. The number of halogens is 1. The van der Waals surface area contributed by atoms with Crippen molar-refractivity contribution in [1.29, 1.82) is 5.26 Å². The van der Waals surface area contributed by atoms with Crippen molar-refractivity contribution < 1.29 is 0 Å². The summed E-state index contributed by atoms with van der Waals surface area (Å²) in [4.78, 5) is 0. The summed E-state index contributed by atoms with van der Waals surface area (Å²) >= 11 is 6.08. The Morgan fingerprint density at radius 2 is 2.20 bits per heavy atom. The van der Waals surface area contributed by atoms with Crippen LogP contribution >= 0.6 is 11.1 Å². The van der Waals surface area contributed by atoms with E-state index < -0.39 is 8.11 Å². The van der Waals surface area contributed by atoms with E-state index in [0.29, 0.717) is 12.0 Å². The van der Waals surface area contributed by atoms with E-state index in [4.69, 9.17) is 16.3 Å². The van der Waals surface area contributed by atoms with Gasteiger partial charge in [-0.25, -0.2) is 0 Å². The Morgan fingerprint density at radius 1 is 1.60 bits per heavy atom. The second-order valence-electron chi connectivity index (χ2n) is 2.81. The highest BCUT2D eigenvalue weighted by molar-refractivity contribution is 7.07. The minimum Gasteiger partial charge on any atom is -0.198 e. The molecule has 0 saturated carbocycles. The zero-order chi connectivity index (χ0) is 7.98. The van der Waals surface area contributed by atoms with Crippen molar-refractivity contribution in [3.63, 3.8) is 0 Å². The third-order valence-electron chi connectivity index (χ3n) is 1.49. The molecule has 10 heavy (non-hydrogen) atoms. The van der Waals surface area contributed by atoms with Gasteiger partial charge < -0.3 is 0 Å². The van der Waals surface area contributed by atoms with Gasteiger partial charge in [-0.1, -0.05) is 13.8 Å². The van der Waals surface area contributed by atoms with Gasteiger partial charge in [0.15, 0.2) is 0 Å². The van der Waals surface area contributed by atoms with E-state index in [9.17, 15) is 0 Å². The molecule has 0 aromatic carbocycles. The van der Waals surface area contributed by atoms with Crippen LogP contribution in [-0.4, -0.2) is 8.11 Å². The highest BCUT2D eigenvalue weighted by Gasteiger charge is 2.10. The van der Waals surface area contributed by atoms with E-state index in [1.54, 1.807) is 0 Å². The first-order valence-corrected chi connectivity index (χ1v) is 6.92. The fourth-order valence-electron chi connectivity index (χ4n) is 0.709. The Kier molecular flexibility index (Phi) is 5.76. The maximum atomic E-state index is 8.24. The molecule has 1 nitrogen and oxygen atoms in total. The molecule has 0 aromatic heterocycles. The topological polar surface area (TPSA) is 23.8 Å². The lowest BCUT2D eigenvalue weighted by Crippen LogP contribution is -2.07. The molecule has 58 valence electrons. The van der Waals surface area contributed by atoms with E-state index in [-0.39, 0.29) is 0 Å².